The van der Waals surface area contributed by atoms with E-state index >= 15 is 0 Å². The molecule has 28 heavy (non-hydrogen) atoms. The number of thioether (sulfide) groups is 1. The Morgan fingerprint density at radius 3 is 2.61 bits per heavy atom. The summed E-state index contributed by atoms with van der Waals surface area (Å²) in [7, 11) is 0. The predicted octanol–water partition coefficient (Wildman–Crippen LogP) is 3.62. The Morgan fingerprint density at radius 2 is 1.93 bits per heavy atom. The van der Waals surface area contributed by atoms with Crippen molar-refractivity contribution >= 4 is 29.5 Å². The molecule has 1 aromatic heterocycles. The lowest BCUT2D eigenvalue weighted by molar-refractivity contribution is -0.113. The van der Waals surface area contributed by atoms with Gasteiger partial charge in [-0.25, -0.2) is 18.3 Å². The van der Waals surface area contributed by atoms with Gasteiger partial charge < -0.3 is 10.4 Å². The van der Waals surface area contributed by atoms with Crippen LogP contribution in [0.3, 0.4) is 0 Å². The standard InChI is InChI=1S/C19H13F2N3O3S/c20-11-3-6-13(15(21)7-11)17-14-8-22-24(18(14)23-16(25)9-28-17)12-4-1-10(2-5-12)19(26)27/h1-8,17H,9H2,(H,23,25)(H,26,27)/t17-/m1/s1. The van der Waals surface area contributed by atoms with E-state index in [1.165, 1.54) is 46.9 Å². The lowest BCUT2D eigenvalue weighted by Gasteiger charge is -2.15. The van der Waals surface area contributed by atoms with Gasteiger partial charge in [-0.15, -0.1) is 11.8 Å². The number of rotatable bonds is 3. The molecular formula is C19H13F2N3O3S. The van der Waals surface area contributed by atoms with E-state index < -0.39 is 22.9 Å². The molecule has 4 rings (SSSR count). The summed E-state index contributed by atoms with van der Waals surface area (Å²) in [4.78, 5) is 23.2. The lowest BCUT2D eigenvalue weighted by atomic mass is 10.1. The van der Waals surface area contributed by atoms with E-state index in [4.69, 9.17) is 5.11 Å². The largest absolute Gasteiger partial charge is 0.478 e. The molecule has 1 amide bonds. The van der Waals surface area contributed by atoms with E-state index in [1.807, 2.05) is 0 Å². The third-order valence-corrected chi connectivity index (χ3v) is 5.59. The molecule has 1 aliphatic heterocycles. The lowest BCUT2D eigenvalue weighted by Crippen LogP contribution is -2.15. The highest BCUT2D eigenvalue weighted by Crippen LogP contribution is 2.42. The zero-order valence-corrected chi connectivity index (χ0v) is 15.0. The number of benzene rings is 2. The first-order valence-electron chi connectivity index (χ1n) is 8.22. The van der Waals surface area contributed by atoms with Crippen molar-refractivity contribution < 1.29 is 23.5 Å². The Morgan fingerprint density at radius 1 is 1.18 bits per heavy atom. The molecule has 2 aromatic carbocycles. The summed E-state index contributed by atoms with van der Waals surface area (Å²) < 4.78 is 29.1. The van der Waals surface area contributed by atoms with Crippen molar-refractivity contribution in [3.05, 3.63) is 77.0 Å². The predicted molar refractivity (Wildman–Crippen MR) is 99.8 cm³/mol. The molecule has 0 saturated carbocycles. The topological polar surface area (TPSA) is 84.2 Å². The van der Waals surface area contributed by atoms with Crippen molar-refractivity contribution in [2.24, 2.45) is 0 Å². The second-order valence-electron chi connectivity index (χ2n) is 6.12. The highest BCUT2D eigenvalue weighted by atomic mass is 32.2. The number of carbonyl (C=O) groups is 2. The van der Waals surface area contributed by atoms with Crippen molar-refractivity contribution in [3.8, 4) is 5.69 Å². The quantitative estimate of drug-likeness (QED) is 0.700. The molecule has 2 heterocycles. The molecule has 0 spiro atoms. The van der Waals surface area contributed by atoms with Crippen molar-refractivity contribution in [3.63, 3.8) is 0 Å². The number of carboxylic acids is 1. The fourth-order valence-electron chi connectivity index (χ4n) is 3.01. The van der Waals surface area contributed by atoms with Gasteiger partial charge in [-0.2, -0.15) is 5.10 Å². The number of carbonyl (C=O) groups excluding carboxylic acids is 1. The van der Waals surface area contributed by atoms with E-state index in [-0.39, 0.29) is 22.8 Å². The van der Waals surface area contributed by atoms with Gasteiger partial charge in [0.2, 0.25) is 5.91 Å². The van der Waals surface area contributed by atoms with Crippen molar-refractivity contribution in [1.82, 2.24) is 9.78 Å². The van der Waals surface area contributed by atoms with Crippen LogP contribution in [0.1, 0.15) is 26.7 Å². The summed E-state index contributed by atoms with van der Waals surface area (Å²) >= 11 is 1.22. The minimum absolute atomic E-state index is 0.0914. The second-order valence-corrected chi connectivity index (χ2v) is 7.21. The highest BCUT2D eigenvalue weighted by molar-refractivity contribution is 8.00. The molecular weight excluding hydrogens is 388 g/mol. The zero-order valence-electron chi connectivity index (χ0n) is 14.2. The Labute approximate surface area is 162 Å². The maximum absolute atomic E-state index is 14.4. The second kappa shape index (κ2) is 7.08. The number of aromatic nitrogens is 2. The average Bonchev–Trinajstić information content (AvgIpc) is 2.99. The molecule has 0 unspecified atom stereocenters. The van der Waals surface area contributed by atoms with Gasteiger partial charge in [-0.05, 0) is 30.3 Å². The fraction of sp³-hybridized carbons (Fsp3) is 0.105. The van der Waals surface area contributed by atoms with E-state index in [2.05, 4.69) is 10.4 Å². The molecule has 0 saturated heterocycles. The van der Waals surface area contributed by atoms with Gasteiger partial charge in [-0.1, -0.05) is 6.07 Å². The first kappa shape index (κ1) is 18.2. The molecule has 2 N–H and O–H groups in total. The SMILES string of the molecule is O=C1CS[C@H](c2ccc(F)cc2F)c2cnn(-c3ccc(C(=O)O)cc3)c2N1. The molecule has 9 heteroatoms. The van der Waals surface area contributed by atoms with Crippen LogP contribution in [-0.4, -0.2) is 32.5 Å². The van der Waals surface area contributed by atoms with Gasteiger partial charge in [-0.3, -0.25) is 4.79 Å². The molecule has 0 bridgehead atoms. The van der Waals surface area contributed by atoms with Crippen LogP contribution in [0.25, 0.3) is 5.69 Å². The number of aromatic carboxylic acids is 1. The van der Waals surface area contributed by atoms with Gasteiger partial charge in [0.05, 0.1) is 28.5 Å². The molecule has 0 fully saturated rings. The molecule has 142 valence electrons. The highest BCUT2D eigenvalue weighted by Gasteiger charge is 2.30. The number of carboxylic acid groups (broad SMARTS) is 1. The smallest absolute Gasteiger partial charge is 0.335 e. The molecule has 0 radical (unpaired) electrons. The van der Waals surface area contributed by atoms with Crippen molar-refractivity contribution in [2.45, 2.75) is 5.25 Å². The van der Waals surface area contributed by atoms with Gasteiger partial charge in [0.15, 0.2) is 0 Å². The summed E-state index contributed by atoms with van der Waals surface area (Å²) in [5, 5.41) is 15.5. The van der Waals surface area contributed by atoms with Crippen LogP contribution in [0, 0.1) is 11.6 Å². The average molecular weight is 401 g/mol. The minimum Gasteiger partial charge on any atom is -0.478 e. The minimum atomic E-state index is -1.05. The molecule has 3 aromatic rings. The van der Waals surface area contributed by atoms with Gasteiger partial charge in [0.25, 0.3) is 0 Å². The fourth-order valence-corrected chi connectivity index (χ4v) is 4.12. The van der Waals surface area contributed by atoms with Crippen molar-refractivity contribution in [2.75, 3.05) is 11.1 Å². The summed E-state index contributed by atoms with van der Waals surface area (Å²) in [6.45, 7) is 0. The van der Waals surface area contributed by atoms with Gasteiger partial charge >= 0.3 is 5.97 Å². The maximum Gasteiger partial charge on any atom is 0.335 e. The summed E-state index contributed by atoms with van der Waals surface area (Å²) in [5.41, 5.74) is 1.48. The number of fused-ring (bicyclic) bond motifs is 1. The Bertz CT molecular complexity index is 1080. The van der Waals surface area contributed by atoms with E-state index in [9.17, 15) is 18.4 Å². The van der Waals surface area contributed by atoms with Crippen molar-refractivity contribution in [1.29, 1.82) is 0 Å². The number of hydrogen-bond acceptors (Lipinski definition) is 4. The molecule has 6 nitrogen and oxygen atoms in total. The summed E-state index contributed by atoms with van der Waals surface area (Å²) in [6.07, 6.45) is 1.52. The van der Waals surface area contributed by atoms with E-state index in [1.54, 1.807) is 12.1 Å². The van der Waals surface area contributed by atoms with E-state index in [0.29, 0.717) is 17.1 Å². The molecule has 1 aliphatic rings. The van der Waals surface area contributed by atoms with Crippen LogP contribution in [-0.2, 0) is 4.79 Å². The van der Waals surface area contributed by atoms with Crippen LogP contribution in [0.4, 0.5) is 14.6 Å². The zero-order chi connectivity index (χ0) is 19.8. The normalized spacial score (nSPS) is 16.2. The van der Waals surface area contributed by atoms with E-state index in [0.717, 1.165) is 6.07 Å². The first-order chi connectivity index (χ1) is 13.4. The Kier molecular flexibility index (Phi) is 4.60. The third-order valence-electron chi connectivity index (χ3n) is 4.32. The van der Waals surface area contributed by atoms with Gasteiger partial charge in [0.1, 0.15) is 17.5 Å². The van der Waals surface area contributed by atoms with Crippen LogP contribution in [0.2, 0.25) is 0 Å². The van der Waals surface area contributed by atoms with Crippen LogP contribution in [0.5, 0.6) is 0 Å². The van der Waals surface area contributed by atoms with Crippen LogP contribution in [0.15, 0.2) is 48.7 Å². The maximum atomic E-state index is 14.4. The number of nitrogens with one attached hydrogen (secondary N) is 1. The van der Waals surface area contributed by atoms with Gasteiger partial charge in [0, 0.05) is 17.2 Å². The first-order valence-corrected chi connectivity index (χ1v) is 9.27. The summed E-state index contributed by atoms with van der Waals surface area (Å²) in [5.74, 6) is -2.25. The number of amides is 1. The summed E-state index contributed by atoms with van der Waals surface area (Å²) in [6, 6.07) is 9.33. The molecule has 1 atom stereocenters. The molecule has 0 aliphatic carbocycles. The number of halogens is 2. The number of nitrogens with zero attached hydrogens (tertiary/aromatic N) is 2. The Hall–Kier alpha value is -3.20. The third kappa shape index (κ3) is 3.24. The monoisotopic (exact) mass is 401 g/mol. The number of anilines is 1. The van der Waals surface area contributed by atoms with Crippen LogP contribution < -0.4 is 5.32 Å². The number of hydrogen-bond donors (Lipinski definition) is 2. The Balaban J connectivity index is 1.80. The van der Waals surface area contributed by atoms with Crippen LogP contribution >= 0.6 is 11.8 Å².